The highest BCUT2D eigenvalue weighted by atomic mass is 32.2. The van der Waals surface area contributed by atoms with Crippen molar-refractivity contribution in [2.24, 2.45) is 0 Å². The van der Waals surface area contributed by atoms with Crippen molar-refractivity contribution in [1.82, 2.24) is 0 Å². The van der Waals surface area contributed by atoms with Crippen molar-refractivity contribution >= 4 is 17.4 Å². The first-order valence-corrected chi connectivity index (χ1v) is 7.39. The number of benzene rings is 1. The Kier molecular flexibility index (Phi) is 4.72. The van der Waals surface area contributed by atoms with Crippen LogP contribution in [0.2, 0.25) is 0 Å². The Morgan fingerprint density at radius 1 is 1.22 bits per heavy atom. The van der Waals surface area contributed by atoms with Gasteiger partial charge in [0.05, 0.1) is 5.69 Å². The molecule has 94 valence electrons. The second-order valence-corrected chi connectivity index (χ2v) is 5.35. The SMILES string of the molecule is CCCCCCC1=CSc2ccccc2N1C#N. The molecule has 0 unspecified atom stereocenters. The Morgan fingerprint density at radius 3 is 2.83 bits per heavy atom. The van der Waals surface area contributed by atoms with Gasteiger partial charge in [0.15, 0.2) is 6.19 Å². The van der Waals surface area contributed by atoms with Gasteiger partial charge in [-0.05, 0) is 30.4 Å². The van der Waals surface area contributed by atoms with Crippen LogP contribution in [0.5, 0.6) is 0 Å². The number of nitriles is 1. The third-order valence-corrected chi connectivity index (χ3v) is 4.09. The Morgan fingerprint density at radius 2 is 2.06 bits per heavy atom. The van der Waals surface area contributed by atoms with Gasteiger partial charge in [0.25, 0.3) is 0 Å². The van der Waals surface area contributed by atoms with Crippen LogP contribution in [-0.4, -0.2) is 0 Å². The van der Waals surface area contributed by atoms with Gasteiger partial charge in [-0.25, -0.2) is 0 Å². The largest absolute Gasteiger partial charge is 0.250 e. The first kappa shape index (κ1) is 13.0. The lowest BCUT2D eigenvalue weighted by molar-refractivity contribution is 0.660. The number of allylic oxidation sites excluding steroid dienone is 1. The molecule has 3 heteroatoms. The van der Waals surface area contributed by atoms with Gasteiger partial charge in [0.1, 0.15) is 0 Å². The quantitative estimate of drug-likeness (QED) is 0.555. The molecule has 1 aliphatic heterocycles. The molecule has 1 aliphatic rings. The van der Waals surface area contributed by atoms with Crippen LogP contribution in [0.3, 0.4) is 0 Å². The predicted octanol–water partition coefficient (Wildman–Crippen LogP) is 4.89. The van der Waals surface area contributed by atoms with E-state index in [4.69, 9.17) is 0 Å². The van der Waals surface area contributed by atoms with E-state index in [1.807, 2.05) is 18.2 Å². The number of nitrogens with zero attached hydrogens (tertiary/aromatic N) is 2. The lowest BCUT2D eigenvalue weighted by Crippen LogP contribution is -2.18. The molecule has 1 heterocycles. The Hall–Kier alpha value is -1.40. The first-order valence-electron chi connectivity index (χ1n) is 6.51. The topological polar surface area (TPSA) is 27.0 Å². The van der Waals surface area contributed by atoms with Gasteiger partial charge in [-0.15, -0.1) is 0 Å². The number of para-hydroxylation sites is 1. The molecule has 1 aromatic carbocycles. The molecule has 0 spiro atoms. The number of fused-ring (bicyclic) bond motifs is 1. The summed E-state index contributed by atoms with van der Waals surface area (Å²) in [5.74, 6) is 0. The van der Waals surface area contributed by atoms with E-state index in [9.17, 15) is 5.26 Å². The predicted molar refractivity (Wildman–Crippen MR) is 77.2 cm³/mol. The Bertz CT molecular complexity index is 474. The van der Waals surface area contributed by atoms with Crippen molar-refractivity contribution in [1.29, 1.82) is 5.26 Å². The molecule has 2 nitrogen and oxygen atoms in total. The summed E-state index contributed by atoms with van der Waals surface area (Å²) < 4.78 is 0. The molecule has 0 N–H and O–H groups in total. The van der Waals surface area contributed by atoms with Crippen molar-refractivity contribution < 1.29 is 0 Å². The number of hydrogen-bond acceptors (Lipinski definition) is 3. The molecule has 0 radical (unpaired) electrons. The van der Waals surface area contributed by atoms with Crippen molar-refractivity contribution in [3.05, 3.63) is 35.4 Å². The van der Waals surface area contributed by atoms with Crippen molar-refractivity contribution in [3.63, 3.8) is 0 Å². The van der Waals surface area contributed by atoms with E-state index < -0.39 is 0 Å². The fraction of sp³-hybridized carbons (Fsp3) is 0.400. The van der Waals surface area contributed by atoms with Crippen LogP contribution >= 0.6 is 11.8 Å². The zero-order chi connectivity index (χ0) is 12.8. The normalized spacial score (nSPS) is 13.8. The summed E-state index contributed by atoms with van der Waals surface area (Å²) in [7, 11) is 0. The molecule has 0 saturated heterocycles. The van der Waals surface area contributed by atoms with Gasteiger partial charge in [0.2, 0.25) is 0 Å². The zero-order valence-corrected chi connectivity index (χ0v) is 11.5. The average molecular weight is 258 g/mol. The second-order valence-electron chi connectivity index (χ2n) is 4.44. The molecule has 0 bridgehead atoms. The molecule has 0 aliphatic carbocycles. The molecule has 0 atom stereocenters. The molecule has 0 amide bonds. The summed E-state index contributed by atoms with van der Waals surface area (Å²) in [5, 5.41) is 11.5. The minimum Gasteiger partial charge on any atom is -0.250 e. The van der Waals surface area contributed by atoms with Crippen molar-refractivity contribution in [3.8, 4) is 6.19 Å². The lowest BCUT2D eigenvalue weighted by Gasteiger charge is -2.25. The van der Waals surface area contributed by atoms with E-state index in [2.05, 4.69) is 24.6 Å². The molecule has 1 aromatic rings. The van der Waals surface area contributed by atoms with E-state index >= 15 is 0 Å². The fourth-order valence-electron chi connectivity index (χ4n) is 2.10. The third kappa shape index (κ3) is 2.88. The smallest absolute Gasteiger partial charge is 0.189 e. The average Bonchev–Trinajstić information content (AvgIpc) is 2.43. The van der Waals surface area contributed by atoms with Crippen LogP contribution in [0.15, 0.2) is 40.3 Å². The highest BCUT2D eigenvalue weighted by Crippen LogP contribution is 2.39. The lowest BCUT2D eigenvalue weighted by atomic mass is 10.1. The van der Waals surface area contributed by atoms with Crippen LogP contribution < -0.4 is 4.90 Å². The highest BCUT2D eigenvalue weighted by Gasteiger charge is 2.19. The van der Waals surface area contributed by atoms with Crippen molar-refractivity contribution in [2.45, 2.75) is 43.9 Å². The van der Waals surface area contributed by atoms with E-state index in [0.29, 0.717) is 0 Å². The van der Waals surface area contributed by atoms with Crippen LogP contribution in [0.1, 0.15) is 39.0 Å². The summed E-state index contributed by atoms with van der Waals surface area (Å²) in [6.45, 7) is 2.22. The van der Waals surface area contributed by atoms with Gasteiger partial charge in [-0.2, -0.15) is 5.26 Å². The second kappa shape index (κ2) is 6.51. The van der Waals surface area contributed by atoms with Crippen LogP contribution in [0.4, 0.5) is 5.69 Å². The van der Waals surface area contributed by atoms with Crippen LogP contribution in [0, 0.1) is 11.5 Å². The van der Waals surface area contributed by atoms with E-state index in [-0.39, 0.29) is 0 Å². The zero-order valence-electron chi connectivity index (χ0n) is 10.7. The number of thioether (sulfide) groups is 1. The summed E-state index contributed by atoms with van der Waals surface area (Å²) in [5.41, 5.74) is 2.16. The maximum Gasteiger partial charge on any atom is 0.189 e. The number of anilines is 1. The highest BCUT2D eigenvalue weighted by molar-refractivity contribution is 8.02. The summed E-state index contributed by atoms with van der Waals surface area (Å²) in [6.07, 6.45) is 8.24. The van der Waals surface area contributed by atoms with Gasteiger partial charge in [0, 0.05) is 10.6 Å². The van der Waals surface area contributed by atoms with Gasteiger partial charge in [-0.3, -0.25) is 4.90 Å². The molecular formula is C15H18N2S. The minimum atomic E-state index is 0.995. The number of rotatable bonds is 5. The van der Waals surface area contributed by atoms with E-state index in [1.54, 1.807) is 16.7 Å². The van der Waals surface area contributed by atoms with Crippen LogP contribution in [0.25, 0.3) is 0 Å². The maximum absolute atomic E-state index is 9.34. The summed E-state index contributed by atoms with van der Waals surface area (Å²) in [6, 6.07) is 8.09. The van der Waals surface area contributed by atoms with Gasteiger partial charge < -0.3 is 0 Å². The monoisotopic (exact) mass is 258 g/mol. The van der Waals surface area contributed by atoms with Crippen LogP contribution in [-0.2, 0) is 0 Å². The third-order valence-electron chi connectivity index (χ3n) is 3.10. The van der Waals surface area contributed by atoms with E-state index in [1.165, 1.54) is 25.7 Å². The fourth-order valence-corrected chi connectivity index (χ4v) is 3.03. The maximum atomic E-state index is 9.34. The molecule has 2 rings (SSSR count). The van der Waals surface area contributed by atoms with Crippen molar-refractivity contribution in [2.75, 3.05) is 4.90 Å². The first-order chi connectivity index (χ1) is 8.86. The number of hydrogen-bond donors (Lipinski definition) is 0. The van der Waals surface area contributed by atoms with Gasteiger partial charge in [-0.1, -0.05) is 50.1 Å². The Labute approximate surface area is 113 Å². The van der Waals surface area contributed by atoms with Gasteiger partial charge >= 0.3 is 0 Å². The molecular weight excluding hydrogens is 240 g/mol. The molecule has 0 fully saturated rings. The minimum absolute atomic E-state index is 0.995. The molecule has 18 heavy (non-hydrogen) atoms. The van der Waals surface area contributed by atoms with E-state index in [0.717, 1.165) is 22.7 Å². The molecule has 0 aromatic heterocycles. The summed E-state index contributed by atoms with van der Waals surface area (Å²) >= 11 is 1.72. The molecule has 0 saturated carbocycles. The summed E-state index contributed by atoms with van der Waals surface area (Å²) in [4.78, 5) is 2.94. The standard InChI is InChI=1S/C15H18N2S/c1-2-3-4-5-8-13-11-18-15-10-7-6-9-14(15)17(13)12-16/h6-7,9-11H,2-5,8H2,1H3. The number of unbranched alkanes of at least 4 members (excludes halogenated alkanes) is 3. The Balaban J connectivity index is 2.05.